The van der Waals surface area contributed by atoms with E-state index in [1.165, 1.54) is 6.07 Å². The molecule has 2 aromatic carbocycles. The number of para-hydroxylation sites is 1. The third kappa shape index (κ3) is 4.77. The molecular weight excluding hydrogens is 415 g/mol. The number of anilines is 1. The number of nitrogens with one attached hydrogen (secondary N) is 2. The van der Waals surface area contributed by atoms with Crippen molar-refractivity contribution in [3.63, 3.8) is 0 Å². The quantitative estimate of drug-likeness (QED) is 0.663. The second-order valence-electron chi connectivity index (χ2n) is 7.67. The Morgan fingerprint density at radius 1 is 1.00 bits per heavy atom. The molecule has 2 aromatic rings. The molecule has 9 heteroatoms. The SMILES string of the molecule is CCNC(=O)C(=O)NC[C@H](c1ccc2c(c1)OCO2)N1CCN(c2ccccc2F)CC1. The maximum absolute atomic E-state index is 14.2. The van der Waals surface area contributed by atoms with Crippen LogP contribution < -0.4 is 25.0 Å². The van der Waals surface area contributed by atoms with Crippen LogP contribution in [0.4, 0.5) is 10.1 Å². The average Bonchev–Trinajstić information content (AvgIpc) is 3.28. The summed E-state index contributed by atoms with van der Waals surface area (Å²) in [5.74, 6) is -0.206. The summed E-state index contributed by atoms with van der Waals surface area (Å²) < 4.78 is 25.1. The average molecular weight is 442 g/mol. The van der Waals surface area contributed by atoms with Crippen molar-refractivity contribution in [3.05, 3.63) is 53.8 Å². The molecule has 0 unspecified atom stereocenters. The summed E-state index contributed by atoms with van der Waals surface area (Å²) in [6.45, 7) is 5.22. The van der Waals surface area contributed by atoms with Crippen LogP contribution >= 0.6 is 0 Å². The molecule has 2 aliphatic heterocycles. The number of ether oxygens (including phenoxy) is 2. The van der Waals surface area contributed by atoms with Gasteiger partial charge in [-0.15, -0.1) is 0 Å². The minimum absolute atomic E-state index is 0.175. The third-order valence-corrected chi connectivity index (χ3v) is 5.73. The number of carbonyl (C=O) groups excluding carboxylic acids is 2. The highest BCUT2D eigenvalue weighted by molar-refractivity contribution is 6.35. The molecule has 0 bridgehead atoms. The van der Waals surface area contributed by atoms with Gasteiger partial charge < -0.3 is 25.0 Å². The Hall–Kier alpha value is -3.33. The fourth-order valence-corrected chi connectivity index (χ4v) is 4.07. The number of fused-ring (bicyclic) bond motifs is 1. The Labute approximate surface area is 186 Å². The Morgan fingerprint density at radius 2 is 1.72 bits per heavy atom. The van der Waals surface area contributed by atoms with E-state index >= 15 is 0 Å². The Kier molecular flexibility index (Phi) is 6.75. The molecule has 0 saturated carbocycles. The van der Waals surface area contributed by atoms with Crippen molar-refractivity contribution in [3.8, 4) is 11.5 Å². The van der Waals surface area contributed by atoms with Crippen molar-refractivity contribution in [2.75, 3.05) is 51.0 Å². The molecule has 0 radical (unpaired) electrons. The molecule has 1 fully saturated rings. The number of rotatable bonds is 6. The molecule has 2 N–H and O–H groups in total. The molecule has 2 aliphatic rings. The van der Waals surface area contributed by atoms with Gasteiger partial charge in [0.2, 0.25) is 6.79 Å². The minimum Gasteiger partial charge on any atom is -0.454 e. The molecular formula is C23H27FN4O4. The van der Waals surface area contributed by atoms with Crippen molar-refractivity contribution in [2.24, 2.45) is 0 Å². The maximum atomic E-state index is 14.2. The highest BCUT2D eigenvalue weighted by Gasteiger charge is 2.28. The minimum atomic E-state index is -0.664. The third-order valence-electron chi connectivity index (χ3n) is 5.73. The van der Waals surface area contributed by atoms with Crippen molar-refractivity contribution < 1.29 is 23.5 Å². The number of hydrogen-bond donors (Lipinski definition) is 2. The first-order valence-corrected chi connectivity index (χ1v) is 10.8. The summed E-state index contributed by atoms with van der Waals surface area (Å²) in [4.78, 5) is 28.3. The van der Waals surface area contributed by atoms with Crippen LogP contribution in [0.1, 0.15) is 18.5 Å². The molecule has 2 amide bonds. The maximum Gasteiger partial charge on any atom is 0.309 e. The van der Waals surface area contributed by atoms with Crippen LogP contribution in [0.2, 0.25) is 0 Å². The Balaban J connectivity index is 1.48. The lowest BCUT2D eigenvalue weighted by Gasteiger charge is -2.40. The van der Waals surface area contributed by atoms with Crippen LogP contribution in [0, 0.1) is 5.82 Å². The van der Waals surface area contributed by atoms with Crippen LogP contribution in [-0.2, 0) is 9.59 Å². The van der Waals surface area contributed by atoms with Gasteiger partial charge in [-0.25, -0.2) is 4.39 Å². The zero-order chi connectivity index (χ0) is 22.5. The van der Waals surface area contributed by atoms with Gasteiger partial charge in [-0.3, -0.25) is 14.5 Å². The molecule has 8 nitrogen and oxygen atoms in total. The van der Waals surface area contributed by atoms with Crippen LogP contribution in [-0.4, -0.2) is 62.8 Å². The Morgan fingerprint density at radius 3 is 2.47 bits per heavy atom. The smallest absolute Gasteiger partial charge is 0.309 e. The predicted molar refractivity (Wildman–Crippen MR) is 117 cm³/mol. The predicted octanol–water partition coefficient (Wildman–Crippen LogP) is 1.67. The lowest BCUT2D eigenvalue weighted by molar-refractivity contribution is -0.139. The van der Waals surface area contributed by atoms with Gasteiger partial charge in [-0.2, -0.15) is 0 Å². The fraction of sp³-hybridized carbons (Fsp3) is 0.391. The van der Waals surface area contributed by atoms with Gasteiger partial charge in [-0.1, -0.05) is 18.2 Å². The second kappa shape index (κ2) is 9.86. The molecule has 1 saturated heterocycles. The largest absolute Gasteiger partial charge is 0.454 e. The summed E-state index contributed by atoms with van der Waals surface area (Å²) >= 11 is 0. The van der Waals surface area contributed by atoms with E-state index in [0.717, 1.165) is 5.56 Å². The molecule has 0 spiro atoms. The first-order chi connectivity index (χ1) is 15.6. The van der Waals surface area contributed by atoms with E-state index in [0.29, 0.717) is 49.9 Å². The molecule has 170 valence electrons. The Bertz CT molecular complexity index is 978. The van der Waals surface area contributed by atoms with Gasteiger partial charge in [0.15, 0.2) is 11.5 Å². The molecule has 0 aromatic heterocycles. The van der Waals surface area contributed by atoms with Crippen LogP contribution in [0.3, 0.4) is 0 Å². The summed E-state index contributed by atoms with van der Waals surface area (Å²) in [7, 11) is 0. The van der Waals surface area contributed by atoms with E-state index in [1.807, 2.05) is 29.2 Å². The van der Waals surface area contributed by atoms with Gasteiger partial charge in [0.05, 0.1) is 11.7 Å². The van der Waals surface area contributed by atoms with E-state index in [9.17, 15) is 14.0 Å². The van der Waals surface area contributed by atoms with Gasteiger partial charge in [0.25, 0.3) is 0 Å². The van der Waals surface area contributed by atoms with E-state index in [2.05, 4.69) is 15.5 Å². The standard InChI is InChI=1S/C23H27FN4O4/c1-2-25-22(29)23(30)26-14-19(16-7-8-20-21(13-16)32-15-31-20)28-11-9-27(10-12-28)18-6-4-3-5-17(18)24/h3-8,13,19H,2,9-12,14-15H2,1H3,(H,25,29)(H,26,30)/t19-/m1/s1. The number of halogens is 1. The highest BCUT2D eigenvalue weighted by Crippen LogP contribution is 2.35. The number of likely N-dealkylation sites (N-methyl/N-ethyl adjacent to an activating group) is 1. The van der Waals surface area contributed by atoms with E-state index < -0.39 is 11.8 Å². The highest BCUT2D eigenvalue weighted by atomic mass is 19.1. The molecule has 1 atom stereocenters. The number of hydrogen-bond acceptors (Lipinski definition) is 6. The zero-order valence-electron chi connectivity index (χ0n) is 18.0. The number of carbonyl (C=O) groups is 2. The fourth-order valence-electron chi connectivity index (χ4n) is 4.07. The lowest BCUT2D eigenvalue weighted by atomic mass is 10.0. The summed E-state index contributed by atoms with van der Waals surface area (Å²) in [5, 5.41) is 5.25. The van der Waals surface area contributed by atoms with Crippen LogP contribution in [0.25, 0.3) is 0 Å². The zero-order valence-corrected chi connectivity index (χ0v) is 18.0. The van der Waals surface area contributed by atoms with E-state index in [1.54, 1.807) is 19.1 Å². The normalized spacial score (nSPS) is 16.5. The lowest BCUT2D eigenvalue weighted by Crippen LogP contribution is -2.51. The van der Waals surface area contributed by atoms with Crippen molar-refractivity contribution in [1.82, 2.24) is 15.5 Å². The van der Waals surface area contributed by atoms with Gasteiger partial charge in [0, 0.05) is 39.3 Å². The topological polar surface area (TPSA) is 83.1 Å². The number of nitrogens with zero attached hydrogens (tertiary/aromatic N) is 2. The molecule has 2 heterocycles. The summed E-state index contributed by atoms with van der Waals surface area (Å²) in [6.07, 6.45) is 0. The second-order valence-corrected chi connectivity index (χ2v) is 7.67. The first kappa shape index (κ1) is 21.9. The molecule has 4 rings (SSSR count). The summed E-state index contributed by atoms with van der Waals surface area (Å²) in [6, 6.07) is 12.3. The monoisotopic (exact) mass is 442 g/mol. The van der Waals surface area contributed by atoms with E-state index in [-0.39, 0.29) is 25.2 Å². The number of amides is 2. The van der Waals surface area contributed by atoms with E-state index in [4.69, 9.17) is 9.47 Å². The molecule has 32 heavy (non-hydrogen) atoms. The molecule has 0 aliphatic carbocycles. The first-order valence-electron chi connectivity index (χ1n) is 10.8. The van der Waals surface area contributed by atoms with Gasteiger partial charge in [0.1, 0.15) is 5.82 Å². The van der Waals surface area contributed by atoms with Gasteiger partial charge in [-0.05, 0) is 36.8 Å². The summed E-state index contributed by atoms with van der Waals surface area (Å²) in [5.41, 5.74) is 1.54. The van der Waals surface area contributed by atoms with Crippen molar-refractivity contribution >= 4 is 17.5 Å². The van der Waals surface area contributed by atoms with Crippen molar-refractivity contribution in [2.45, 2.75) is 13.0 Å². The number of benzene rings is 2. The van der Waals surface area contributed by atoms with Crippen molar-refractivity contribution in [1.29, 1.82) is 0 Å². The van der Waals surface area contributed by atoms with Crippen LogP contribution in [0.15, 0.2) is 42.5 Å². The van der Waals surface area contributed by atoms with Gasteiger partial charge >= 0.3 is 11.8 Å². The van der Waals surface area contributed by atoms with Crippen LogP contribution in [0.5, 0.6) is 11.5 Å². The number of piperazine rings is 1.